The Morgan fingerprint density at radius 2 is 1.36 bits per heavy atom. The fourth-order valence-corrected chi connectivity index (χ4v) is 5.49. The van der Waals surface area contributed by atoms with E-state index in [9.17, 15) is 30.6 Å². The molecule has 0 amide bonds. The Labute approximate surface area is 223 Å². The Morgan fingerprint density at radius 3 is 2.05 bits per heavy atom. The molecule has 2 aliphatic rings. The Bertz CT molecular complexity index is 1540. The highest BCUT2D eigenvalue weighted by atomic mass is 16.5. The SMILES string of the molecule is COc1cc([C@@H]2Oc3cc4c(c(O)c3[C@H]2c2cc(O)cc(O)c2)C[C@H](O)[C@@H](c2ccc(O)cc2)O4)ccc1O. The highest BCUT2D eigenvalue weighted by molar-refractivity contribution is 5.64. The molecule has 0 spiro atoms. The number of benzene rings is 4. The molecular weight excluding hydrogens is 504 g/mol. The molecule has 39 heavy (non-hydrogen) atoms. The molecule has 0 saturated heterocycles. The lowest BCUT2D eigenvalue weighted by Gasteiger charge is -2.32. The summed E-state index contributed by atoms with van der Waals surface area (Å²) in [6, 6.07) is 17.0. The third-order valence-electron chi connectivity index (χ3n) is 7.29. The highest BCUT2D eigenvalue weighted by Gasteiger charge is 2.43. The fourth-order valence-electron chi connectivity index (χ4n) is 5.49. The van der Waals surface area contributed by atoms with E-state index in [4.69, 9.17) is 14.2 Å². The molecule has 4 atom stereocenters. The van der Waals surface area contributed by atoms with E-state index >= 15 is 0 Å². The zero-order valence-corrected chi connectivity index (χ0v) is 20.8. The Balaban J connectivity index is 1.48. The summed E-state index contributed by atoms with van der Waals surface area (Å²) in [6.07, 6.45) is -2.35. The number of hydrogen-bond acceptors (Lipinski definition) is 9. The number of methoxy groups -OCH3 is 1. The predicted molar refractivity (Wildman–Crippen MR) is 139 cm³/mol. The molecule has 0 radical (unpaired) electrons. The monoisotopic (exact) mass is 530 g/mol. The van der Waals surface area contributed by atoms with Gasteiger partial charge in [-0.05, 0) is 53.1 Å². The van der Waals surface area contributed by atoms with Gasteiger partial charge in [-0.25, -0.2) is 0 Å². The molecule has 2 heterocycles. The molecule has 6 rings (SSSR count). The summed E-state index contributed by atoms with van der Waals surface area (Å²) >= 11 is 0. The maximum atomic E-state index is 11.6. The van der Waals surface area contributed by atoms with Crippen LogP contribution in [0.5, 0.6) is 46.0 Å². The molecule has 0 aliphatic carbocycles. The van der Waals surface area contributed by atoms with Crippen LogP contribution < -0.4 is 14.2 Å². The van der Waals surface area contributed by atoms with Gasteiger partial charge < -0.3 is 44.8 Å². The first-order valence-corrected chi connectivity index (χ1v) is 12.3. The molecule has 0 bridgehead atoms. The van der Waals surface area contributed by atoms with Gasteiger partial charge in [0.1, 0.15) is 46.7 Å². The second-order valence-corrected chi connectivity index (χ2v) is 9.75. The molecule has 4 aromatic rings. The van der Waals surface area contributed by atoms with Crippen molar-refractivity contribution in [2.45, 2.75) is 30.7 Å². The maximum Gasteiger partial charge on any atom is 0.160 e. The minimum Gasteiger partial charge on any atom is -0.508 e. The number of aliphatic hydroxyl groups is 1. The minimum absolute atomic E-state index is 0.0516. The lowest BCUT2D eigenvalue weighted by atomic mass is 9.82. The van der Waals surface area contributed by atoms with Crippen LogP contribution in [0.25, 0.3) is 0 Å². The molecule has 200 valence electrons. The summed E-state index contributed by atoms with van der Waals surface area (Å²) in [6.45, 7) is 0. The summed E-state index contributed by atoms with van der Waals surface area (Å²) < 4.78 is 17.8. The standard InChI is InChI=1S/C30H26O9/c1-37-24-10-15(4-7-21(24)34)30-26(16-8-18(32)11-19(33)9-16)27-25(39-30)13-23-20(28(27)36)12-22(35)29(38-23)14-2-5-17(31)6-3-14/h2-11,13,22,26,29-36H,12H2,1H3/t22-,26+,29+,30-/m0/s1. The number of aromatic hydroxyl groups is 5. The van der Waals surface area contributed by atoms with Gasteiger partial charge in [-0.15, -0.1) is 0 Å². The Morgan fingerprint density at radius 1 is 0.692 bits per heavy atom. The molecule has 6 N–H and O–H groups in total. The summed E-state index contributed by atoms with van der Waals surface area (Å²) in [5.41, 5.74) is 2.58. The van der Waals surface area contributed by atoms with Crippen LogP contribution in [-0.4, -0.2) is 43.9 Å². The molecule has 9 heteroatoms. The number of fused-ring (bicyclic) bond motifs is 2. The first-order chi connectivity index (χ1) is 18.7. The number of rotatable bonds is 4. The minimum atomic E-state index is -0.978. The maximum absolute atomic E-state index is 11.6. The Hall–Kier alpha value is -4.76. The van der Waals surface area contributed by atoms with Gasteiger partial charge in [0, 0.05) is 29.7 Å². The van der Waals surface area contributed by atoms with Crippen LogP contribution >= 0.6 is 0 Å². The molecule has 2 aliphatic heterocycles. The van der Waals surface area contributed by atoms with Gasteiger partial charge in [0.05, 0.1) is 19.1 Å². The van der Waals surface area contributed by atoms with Crippen molar-refractivity contribution in [2.24, 2.45) is 0 Å². The lowest BCUT2D eigenvalue weighted by molar-refractivity contribution is 0.0197. The molecule has 0 unspecified atom stereocenters. The second-order valence-electron chi connectivity index (χ2n) is 9.75. The van der Waals surface area contributed by atoms with Crippen molar-refractivity contribution in [3.8, 4) is 46.0 Å². The summed E-state index contributed by atoms with van der Waals surface area (Å²) in [4.78, 5) is 0. The lowest BCUT2D eigenvalue weighted by Crippen LogP contribution is -2.30. The third-order valence-corrected chi connectivity index (χ3v) is 7.29. The third kappa shape index (κ3) is 4.17. The van der Waals surface area contributed by atoms with E-state index in [1.165, 1.54) is 43.5 Å². The highest BCUT2D eigenvalue weighted by Crippen LogP contribution is 2.58. The van der Waals surface area contributed by atoms with Crippen molar-refractivity contribution >= 4 is 0 Å². The molecule has 0 saturated carbocycles. The normalized spacial score (nSPS) is 21.4. The number of phenols is 5. The fraction of sp³-hybridized carbons (Fsp3) is 0.200. The van der Waals surface area contributed by atoms with Crippen LogP contribution in [0.4, 0.5) is 0 Å². The van der Waals surface area contributed by atoms with Gasteiger partial charge in [0.2, 0.25) is 0 Å². The zero-order valence-electron chi connectivity index (χ0n) is 20.8. The van der Waals surface area contributed by atoms with Gasteiger partial charge in [0.15, 0.2) is 11.5 Å². The summed E-state index contributed by atoms with van der Waals surface area (Å²) in [5.74, 6) is -0.166. The largest absolute Gasteiger partial charge is 0.508 e. The number of phenolic OH excluding ortho intramolecular Hbond substituents is 5. The van der Waals surface area contributed by atoms with Gasteiger partial charge in [0.25, 0.3) is 0 Å². The van der Waals surface area contributed by atoms with Crippen molar-refractivity contribution in [3.05, 3.63) is 94.5 Å². The van der Waals surface area contributed by atoms with E-state index < -0.39 is 24.2 Å². The van der Waals surface area contributed by atoms with Crippen molar-refractivity contribution < 1.29 is 44.8 Å². The predicted octanol–water partition coefficient (Wildman–Crippen LogP) is 4.53. The van der Waals surface area contributed by atoms with Crippen molar-refractivity contribution in [3.63, 3.8) is 0 Å². The molecule has 4 aromatic carbocycles. The average molecular weight is 531 g/mol. The zero-order chi connectivity index (χ0) is 27.4. The van der Waals surface area contributed by atoms with E-state index in [-0.39, 0.29) is 40.9 Å². The quantitative estimate of drug-likeness (QED) is 0.224. The van der Waals surface area contributed by atoms with Crippen LogP contribution in [-0.2, 0) is 6.42 Å². The van der Waals surface area contributed by atoms with Crippen molar-refractivity contribution in [1.82, 2.24) is 0 Å². The van der Waals surface area contributed by atoms with E-state index in [1.54, 1.807) is 30.3 Å². The molecule has 9 nitrogen and oxygen atoms in total. The van der Waals surface area contributed by atoms with Gasteiger partial charge in [-0.1, -0.05) is 18.2 Å². The van der Waals surface area contributed by atoms with Gasteiger partial charge in [-0.2, -0.15) is 0 Å². The van der Waals surface area contributed by atoms with Gasteiger partial charge >= 0.3 is 0 Å². The number of ether oxygens (including phenoxy) is 3. The van der Waals surface area contributed by atoms with E-state index in [0.29, 0.717) is 39.3 Å². The summed E-state index contributed by atoms with van der Waals surface area (Å²) in [5, 5.41) is 62.7. The van der Waals surface area contributed by atoms with E-state index in [0.717, 1.165) is 0 Å². The van der Waals surface area contributed by atoms with E-state index in [2.05, 4.69) is 0 Å². The first-order valence-electron chi connectivity index (χ1n) is 12.3. The first kappa shape index (κ1) is 24.6. The topological polar surface area (TPSA) is 149 Å². The van der Waals surface area contributed by atoms with Crippen molar-refractivity contribution in [2.75, 3.05) is 7.11 Å². The molecule has 0 fully saturated rings. The molecule has 0 aromatic heterocycles. The average Bonchev–Trinajstić information content (AvgIpc) is 3.29. The van der Waals surface area contributed by atoms with Gasteiger partial charge in [-0.3, -0.25) is 0 Å². The van der Waals surface area contributed by atoms with Crippen LogP contribution in [0.3, 0.4) is 0 Å². The number of hydrogen-bond donors (Lipinski definition) is 6. The van der Waals surface area contributed by atoms with E-state index in [1.807, 2.05) is 0 Å². The smallest absolute Gasteiger partial charge is 0.160 e. The van der Waals surface area contributed by atoms with Crippen LogP contribution in [0.1, 0.15) is 45.9 Å². The number of aliphatic hydroxyl groups excluding tert-OH is 1. The van der Waals surface area contributed by atoms with Crippen LogP contribution in [0.15, 0.2) is 66.7 Å². The molecular formula is C30H26O9. The van der Waals surface area contributed by atoms with Crippen LogP contribution in [0.2, 0.25) is 0 Å². The Kier molecular flexibility index (Phi) is 5.80. The summed E-state index contributed by atoms with van der Waals surface area (Å²) in [7, 11) is 1.43. The van der Waals surface area contributed by atoms with Crippen LogP contribution in [0, 0.1) is 0 Å². The van der Waals surface area contributed by atoms with Crippen molar-refractivity contribution in [1.29, 1.82) is 0 Å². The second kappa shape index (κ2) is 9.21.